The molecular formula is C17H15FN2O2. The number of pyridine rings is 1. The van der Waals surface area contributed by atoms with Gasteiger partial charge in [-0.25, -0.2) is 9.37 Å². The number of aliphatic carboxylic acids is 1. The third-order valence-corrected chi connectivity index (χ3v) is 3.64. The van der Waals surface area contributed by atoms with Gasteiger partial charge in [0.05, 0.1) is 17.8 Å². The topological polar surface area (TPSA) is 54.6 Å². The maximum Gasteiger partial charge on any atom is 0.309 e. The molecule has 4 nitrogen and oxygen atoms in total. The second kappa shape index (κ2) is 5.60. The second-order valence-corrected chi connectivity index (χ2v) is 5.10. The predicted molar refractivity (Wildman–Crippen MR) is 81.3 cm³/mol. The number of halogens is 1. The van der Waals surface area contributed by atoms with Crippen LogP contribution < -0.4 is 0 Å². The van der Waals surface area contributed by atoms with Gasteiger partial charge in [-0.15, -0.1) is 0 Å². The fraction of sp³-hybridized carbons (Fsp3) is 0.176. The molecule has 0 aliphatic rings. The summed E-state index contributed by atoms with van der Waals surface area (Å²) in [6, 6.07) is 10.7. The monoisotopic (exact) mass is 298 g/mol. The summed E-state index contributed by atoms with van der Waals surface area (Å²) in [7, 11) is 0. The third kappa shape index (κ3) is 2.57. The summed E-state index contributed by atoms with van der Waals surface area (Å²) in [4.78, 5) is 15.6. The van der Waals surface area contributed by atoms with Gasteiger partial charge in [-0.3, -0.25) is 9.20 Å². The fourth-order valence-corrected chi connectivity index (χ4v) is 2.51. The second-order valence-electron chi connectivity index (χ2n) is 5.10. The van der Waals surface area contributed by atoms with Crippen molar-refractivity contribution < 1.29 is 14.3 Å². The molecule has 2 aromatic heterocycles. The lowest BCUT2D eigenvalue weighted by Gasteiger charge is -2.04. The molecule has 0 aliphatic heterocycles. The Bertz CT molecular complexity index is 838. The average molecular weight is 298 g/mol. The molecule has 112 valence electrons. The minimum Gasteiger partial charge on any atom is -0.481 e. The number of imidazole rings is 1. The Morgan fingerprint density at radius 1 is 1.23 bits per heavy atom. The first-order valence-electron chi connectivity index (χ1n) is 7.06. The van der Waals surface area contributed by atoms with Crippen LogP contribution in [0, 0.1) is 5.82 Å². The van der Waals surface area contributed by atoms with Crippen molar-refractivity contribution in [3.63, 3.8) is 0 Å². The van der Waals surface area contributed by atoms with Crippen LogP contribution in [0.1, 0.15) is 18.2 Å². The highest BCUT2D eigenvalue weighted by Gasteiger charge is 2.17. The Hall–Kier alpha value is -2.69. The Labute approximate surface area is 126 Å². The molecule has 2 heterocycles. The van der Waals surface area contributed by atoms with Gasteiger partial charge in [0.2, 0.25) is 0 Å². The minimum atomic E-state index is -0.975. The number of nitrogens with zero attached hydrogens (tertiary/aromatic N) is 2. The van der Waals surface area contributed by atoms with E-state index in [2.05, 4.69) is 11.9 Å². The fourth-order valence-electron chi connectivity index (χ4n) is 2.51. The lowest BCUT2D eigenvalue weighted by Crippen LogP contribution is -2.05. The van der Waals surface area contributed by atoms with E-state index in [-0.39, 0.29) is 6.42 Å². The highest BCUT2D eigenvalue weighted by molar-refractivity contribution is 5.76. The standard InChI is InChI=1S/C17H15FN2O2/c1-2-11-3-5-12(6-4-11)17-14(9-16(21)22)20-10-13(18)7-8-15(20)19-17/h3-8,10H,2,9H2,1H3,(H,21,22). The van der Waals surface area contributed by atoms with Crippen LogP contribution in [0.5, 0.6) is 0 Å². The molecule has 0 unspecified atom stereocenters. The number of aryl methyl sites for hydroxylation is 1. The number of carbonyl (C=O) groups is 1. The van der Waals surface area contributed by atoms with Crippen LogP contribution in [0.15, 0.2) is 42.6 Å². The van der Waals surface area contributed by atoms with Gasteiger partial charge < -0.3 is 5.11 Å². The minimum absolute atomic E-state index is 0.213. The molecule has 1 N–H and O–H groups in total. The quantitative estimate of drug-likeness (QED) is 0.804. The van der Waals surface area contributed by atoms with E-state index in [1.165, 1.54) is 22.2 Å². The van der Waals surface area contributed by atoms with Crippen molar-refractivity contribution in [3.8, 4) is 11.3 Å². The highest BCUT2D eigenvalue weighted by atomic mass is 19.1. The van der Waals surface area contributed by atoms with Crippen molar-refractivity contribution in [1.29, 1.82) is 0 Å². The van der Waals surface area contributed by atoms with Crippen LogP contribution in [-0.4, -0.2) is 20.5 Å². The molecule has 0 fully saturated rings. The van der Waals surface area contributed by atoms with Gasteiger partial charge in [0.15, 0.2) is 0 Å². The molecule has 1 aromatic carbocycles. The molecule has 22 heavy (non-hydrogen) atoms. The smallest absolute Gasteiger partial charge is 0.309 e. The summed E-state index contributed by atoms with van der Waals surface area (Å²) < 4.78 is 15.0. The molecule has 3 rings (SSSR count). The van der Waals surface area contributed by atoms with Gasteiger partial charge in [0.25, 0.3) is 0 Å². The van der Waals surface area contributed by atoms with E-state index in [9.17, 15) is 9.18 Å². The van der Waals surface area contributed by atoms with Crippen molar-refractivity contribution in [3.05, 3.63) is 59.7 Å². The van der Waals surface area contributed by atoms with E-state index in [1.807, 2.05) is 24.3 Å². The lowest BCUT2D eigenvalue weighted by molar-refractivity contribution is -0.136. The molecular weight excluding hydrogens is 283 g/mol. The molecule has 0 saturated carbocycles. The number of carboxylic acids is 1. The van der Waals surface area contributed by atoms with Gasteiger partial charge in [-0.1, -0.05) is 31.2 Å². The van der Waals surface area contributed by atoms with Crippen LogP contribution in [-0.2, 0) is 17.6 Å². The molecule has 0 bridgehead atoms. The number of rotatable bonds is 4. The van der Waals surface area contributed by atoms with Crippen LogP contribution in [0.4, 0.5) is 4.39 Å². The average Bonchev–Trinajstić information content (AvgIpc) is 2.85. The summed E-state index contributed by atoms with van der Waals surface area (Å²) in [6.45, 7) is 2.07. The number of benzene rings is 1. The summed E-state index contributed by atoms with van der Waals surface area (Å²) in [5.74, 6) is -1.40. The summed E-state index contributed by atoms with van der Waals surface area (Å²) in [6.07, 6.45) is 1.98. The van der Waals surface area contributed by atoms with Gasteiger partial charge in [0.1, 0.15) is 11.5 Å². The molecule has 3 aromatic rings. The Balaban J connectivity index is 2.20. The zero-order valence-corrected chi connectivity index (χ0v) is 12.1. The van der Waals surface area contributed by atoms with Crippen molar-refractivity contribution >= 4 is 11.6 Å². The Morgan fingerprint density at radius 2 is 1.95 bits per heavy atom. The lowest BCUT2D eigenvalue weighted by atomic mass is 10.1. The highest BCUT2D eigenvalue weighted by Crippen LogP contribution is 2.26. The van der Waals surface area contributed by atoms with Gasteiger partial charge >= 0.3 is 5.97 Å². The van der Waals surface area contributed by atoms with Crippen LogP contribution in [0.3, 0.4) is 0 Å². The molecule has 0 amide bonds. The zero-order chi connectivity index (χ0) is 15.7. The van der Waals surface area contributed by atoms with Crippen LogP contribution in [0.25, 0.3) is 16.9 Å². The molecule has 0 radical (unpaired) electrons. The molecule has 5 heteroatoms. The first kappa shape index (κ1) is 14.3. The van der Waals surface area contributed by atoms with Crippen LogP contribution in [0.2, 0.25) is 0 Å². The van der Waals surface area contributed by atoms with E-state index in [1.54, 1.807) is 6.07 Å². The SMILES string of the molecule is CCc1ccc(-c2nc3ccc(F)cn3c2CC(=O)O)cc1. The predicted octanol–water partition coefficient (Wildman–Crippen LogP) is 3.33. The van der Waals surface area contributed by atoms with Gasteiger partial charge in [-0.05, 0) is 24.1 Å². The summed E-state index contributed by atoms with van der Waals surface area (Å²) in [5, 5.41) is 9.13. The number of aromatic nitrogens is 2. The number of hydrogen-bond donors (Lipinski definition) is 1. The van der Waals surface area contributed by atoms with E-state index in [0.717, 1.165) is 12.0 Å². The maximum absolute atomic E-state index is 13.5. The molecule has 0 atom stereocenters. The van der Waals surface area contributed by atoms with Gasteiger partial charge in [0, 0.05) is 11.8 Å². The Kier molecular flexibility index (Phi) is 3.63. The van der Waals surface area contributed by atoms with Crippen molar-refractivity contribution in [2.24, 2.45) is 0 Å². The molecule has 0 spiro atoms. The van der Waals surface area contributed by atoms with E-state index < -0.39 is 11.8 Å². The van der Waals surface area contributed by atoms with E-state index in [4.69, 9.17) is 5.11 Å². The molecule has 0 saturated heterocycles. The normalized spacial score (nSPS) is 11.0. The number of fused-ring (bicyclic) bond motifs is 1. The van der Waals surface area contributed by atoms with E-state index in [0.29, 0.717) is 17.0 Å². The van der Waals surface area contributed by atoms with E-state index >= 15 is 0 Å². The van der Waals surface area contributed by atoms with Crippen LogP contribution >= 0.6 is 0 Å². The summed E-state index contributed by atoms with van der Waals surface area (Å²) >= 11 is 0. The Morgan fingerprint density at radius 3 is 2.59 bits per heavy atom. The first-order valence-corrected chi connectivity index (χ1v) is 7.06. The largest absolute Gasteiger partial charge is 0.481 e. The molecule has 0 aliphatic carbocycles. The third-order valence-electron chi connectivity index (χ3n) is 3.64. The van der Waals surface area contributed by atoms with Crippen molar-refractivity contribution in [2.75, 3.05) is 0 Å². The van der Waals surface area contributed by atoms with Crippen molar-refractivity contribution in [1.82, 2.24) is 9.38 Å². The summed E-state index contributed by atoms with van der Waals surface area (Å²) in [5.41, 5.74) is 3.62. The number of hydrogen-bond acceptors (Lipinski definition) is 2. The zero-order valence-electron chi connectivity index (χ0n) is 12.1. The van der Waals surface area contributed by atoms with Crippen molar-refractivity contribution in [2.45, 2.75) is 19.8 Å². The number of carboxylic acid groups (broad SMARTS) is 1. The maximum atomic E-state index is 13.5. The van der Waals surface area contributed by atoms with Gasteiger partial charge in [-0.2, -0.15) is 0 Å². The first-order chi connectivity index (χ1) is 10.6.